The molecule has 1 saturated heterocycles. The van der Waals surface area contributed by atoms with E-state index in [1.54, 1.807) is 0 Å². The van der Waals surface area contributed by atoms with Crippen molar-refractivity contribution >= 4 is 0 Å². The van der Waals surface area contributed by atoms with Crippen LogP contribution in [0.1, 0.15) is 39.5 Å². The molecule has 5 heteroatoms. The number of hydrogen-bond donors (Lipinski definition) is 1. The molecule has 1 fully saturated rings. The van der Waals surface area contributed by atoms with Gasteiger partial charge >= 0.3 is 6.18 Å². The highest BCUT2D eigenvalue weighted by Gasteiger charge is 2.42. The molecule has 1 N–H and O–H groups in total. The van der Waals surface area contributed by atoms with E-state index in [1.807, 2.05) is 18.7 Å². The first kappa shape index (κ1) is 15.8. The third kappa shape index (κ3) is 4.43. The zero-order valence-corrected chi connectivity index (χ0v) is 11.3. The standard InChI is InChI=1S/C13H24F3NO/c1-3-6-12(2,10-18)9-17-7-4-5-11(8-17)13(14,15)16/h11,18H,3-10H2,1-2H3. The summed E-state index contributed by atoms with van der Waals surface area (Å²) in [4.78, 5) is 1.87. The summed E-state index contributed by atoms with van der Waals surface area (Å²) in [7, 11) is 0. The minimum Gasteiger partial charge on any atom is -0.396 e. The second-order valence-corrected chi connectivity index (χ2v) is 5.83. The molecule has 0 spiro atoms. The molecule has 0 bridgehead atoms. The van der Waals surface area contributed by atoms with E-state index in [-0.39, 0.29) is 25.0 Å². The summed E-state index contributed by atoms with van der Waals surface area (Å²) in [5, 5.41) is 9.42. The molecule has 108 valence electrons. The van der Waals surface area contributed by atoms with Gasteiger partial charge in [0.1, 0.15) is 0 Å². The van der Waals surface area contributed by atoms with Crippen LogP contribution in [0.25, 0.3) is 0 Å². The molecule has 0 aromatic carbocycles. The van der Waals surface area contributed by atoms with Gasteiger partial charge in [0, 0.05) is 25.1 Å². The molecule has 1 aliphatic rings. The number of rotatable bonds is 5. The van der Waals surface area contributed by atoms with Gasteiger partial charge in [0.2, 0.25) is 0 Å². The fraction of sp³-hybridized carbons (Fsp3) is 1.00. The normalized spacial score (nSPS) is 26.0. The van der Waals surface area contributed by atoms with Gasteiger partial charge in [0.05, 0.1) is 5.92 Å². The molecule has 18 heavy (non-hydrogen) atoms. The predicted molar refractivity (Wildman–Crippen MR) is 65.3 cm³/mol. The third-order valence-electron chi connectivity index (χ3n) is 3.81. The second kappa shape index (κ2) is 6.24. The average molecular weight is 267 g/mol. The van der Waals surface area contributed by atoms with Crippen LogP contribution in [0.3, 0.4) is 0 Å². The first-order chi connectivity index (χ1) is 8.30. The molecule has 0 saturated carbocycles. The van der Waals surface area contributed by atoms with Crippen molar-refractivity contribution in [3.8, 4) is 0 Å². The quantitative estimate of drug-likeness (QED) is 0.827. The largest absolute Gasteiger partial charge is 0.396 e. The number of aliphatic hydroxyl groups excluding tert-OH is 1. The Morgan fingerprint density at radius 3 is 2.50 bits per heavy atom. The van der Waals surface area contributed by atoms with Crippen molar-refractivity contribution < 1.29 is 18.3 Å². The first-order valence-corrected chi connectivity index (χ1v) is 6.70. The predicted octanol–water partition coefficient (Wildman–Crippen LogP) is 3.06. The first-order valence-electron chi connectivity index (χ1n) is 6.70. The summed E-state index contributed by atoms with van der Waals surface area (Å²) in [6.07, 6.45) is -1.47. The topological polar surface area (TPSA) is 23.5 Å². The lowest BCUT2D eigenvalue weighted by atomic mass is 9.84. The third-order valence-corrected chi connectivity index (χ3v) is 3.81. The van der Waals surface area contributed by atoms with E-state index in [9.17, 15) is 18.3 Å². The number of hydrogen-bond acceptors (Lipinski definition) is 2. The van der Waals surface area contributed by atoms with Gasteiger partial charge in [-0.25, -0.2) is 0 Å². The van der Waals surface area contributed by atoms with Gasteiger partial charge in [0.15, 0.2) is 0 Å². The van der Waals surface area contributed by atoms with E-state index < -0.39 is 12.1 Å². The summed E-state index contributed by atoms with van der Waals surface area (Å²) in [6, 6.07) is 0. The number of aliphatic hydroxyl groups is 1. The van der Waals surface area contributed by atoms with Gasteiger partial charge in [0.25, 0.3) is 0 Å². The number of halogens is 3. The number of likely N-dealkylation sites (tertiary alicyclic amines) is 1. The van der Waals surface area contributed by atoms with E-state index in [0.29, 0.717) is 19.5 Å². The number of alkyl halides is 3. The lowest BCUT2D eigenvalue weighted by Crippen LogP contribution is -2.46. The molecule has 0 amide bonds. The fourth-order valence-electron chi connectivity index (χ4n) is 2.82. The Hall–Kier alpha value is -0.290. The van der Waals surface area contributed by atoms with Crippen molar-refractivity contribution in [1.82, 2.24) is 4.90 Å². The van der Waals surface area contributed by atoms with Crippen molar-refractivity contribution in [1.29, 1.82) is 0 Å². The van der Waals surface area contributed by atoms with Gasteiger partial charge in [-0.2, -0.15) is 13.2 Å². The fourth-order valence-corrected chi connectivity index (χ4v) is 2.82. The highest BCUT2D eigenvalue weighted by molar-refractivity contribution is 4.83. The van der Waals surface area contributed by atoms with E-state index in [4.69, 9.17) is 0 Å². The highest BCUT2D eigenvalue weighted by Crippen LogP contribution is 2.34. The Kier molecular flexibility index (Phi) is 5.46. The Morgan fingerprint density at radius 2 is 2.00 bits per heavy atom. The summed E-state index contributed by atoms with van der Waals surface area (Å²) >= 11 is 0. The highest BCUT2D eigenvalue weighted by atomic mass is 19.4. The molecule has 1 heterocycles. The van der Waals surface area contributed by atoms with Crippen LogP contribution in [-0.2, 0) is 0 Å². The molecule has 0 aliphatic carbocycles. The molecule has 0 aromatic heterocycles. The molecular weight excluding hydrogens is 243 g/mol. The second-order valence-electron chi connectivity index (χ2n) is 5.83. The Balaban J connectivity index is 2.56. The SMILES string of the molecule is CCCC(C)(CO)CN1CCCC(C(F)(F)F)C1. The molecular formula is C13H24F3NO. The number of nitrogens with zero attached hydrogens (tertiary/aromatic N) is 1. The van der Waals surface area contributed by atoms with Crippen molar-refractivity contribution in [2.24, 2.45) is 11.3 Å². The molecule has 2 nitrogen and oxygen atoms in total. The smallest absolute Gasteiger partial charge is 0.393 e. The lowest BCUT2D eigenvalue weighted by Gasteiger charge is -2.39. The van der Waals surface area contributed by atoms with E-state index in [1.165, 1.54) is 0 Å². The van der Waals surface area contributed by atoms with Crippen LogP contribution in [0.2, 0.25) is 0 Å². The molecule has 1 aliphatic heterocycles. The number of piperidine rings is 1. The zero-order valence-electron chi connectivity index (χ0n) is 11.3. The summed E-state index contributed by atoms with van der Waals surface area (Å²) in [5.41, 5.74) is -0.276. The summed E-state index contributed by atoms with van der Waals surface area (Å²) in [5.74, 6) is -1.20. The van der Waals surface area contributed by atoms with Crippen LogP contribution < -0.4 is 0 Å². The zero-order chi connectivity index (χ0) is 13.8. The minimum atomic E-state index is -4.08. The Morgan fingerprint density at radius 1 is 1.33 bits per heavy atom. The van der Waals surface area contributed by atoms with Crippen LogP contribution in [0.4, 0.5) is 13.2 Å². The van der Waals surface area contributed by atoms with Gasteiger partial charge in [-0.3, -0.25) is 0 Å². The van der Waals surface area contributed by atoms with E-state index in [0.717, 1.165) is 12.8 Å². The Bertz CT molecular complexity index is 257. The average Bonchev–Trinajstić information content (AvgIpc) is 2.28. The van der Waals surface area contributed by atoms with Crippen LogP contribution >= 0.6 is 0 Å². The minimum absolute atomic E-state index is 0.0357. The van der Waals surface area contributed by atoms with Crippen molar-refractivity contribution in [2.75, 3.05) is 26.2 Å². The van der Waals surface area contributed by atoms with Gasteiger partial charge in [-0.15, -0.1) is 0 Å². The maximum Gasteiger partial charge on any atom is 0.393 e. The molecule has 0 radical (unpaired) electrons. The van der Waals surface area contributed by atoms with Crippen LogP contribution in [0.15, 0.2) is 0 Å². The Labute approximate surface area is 107 Å². The maximum atomic E-state index is 12.7. The molecule has 2 unspecified atom stereocenters. The molecule has 1 rings (SSSR count). The summed E-state index contributed by atoms with van der Waals surface area (Å²) < 4.78 is 38.1. The van der Waals surface area contributed by atoms with E-state index >= 15 is 0 Å². The van der Waals surface area contributed by atoms with Crippen LogP contribution in [0.5, 0.6) is 0 Å². The van der Waals surface area contributed by atoms with Gasteiger partial charge in [-0.05, 0) is 25.8 Å². The van der Waals surface area contributed by atoms with Crippen molar-refractivity contribution in [3.05, 3.63) is 0 Å². The summed E-state index contributed by atoms with van der Waals surface area (Å²) in [6.45, 7) is 5.38. The van der Waals surface area contributed by atoms with E-state index in [2.05, 4.69) is 0 Å². The molecule has 2 atom stereocenters. The molecule has 0 aromatic rings. The van der Waals surface area contributed by atoms with Crippen molar-refractivity contribution in [3.63, 3.8) is 0 Å². The van der Waals surface area contributed by atoms with Crippen molar-refractivity contribution in [2.45, 2.75) is 45.7 Å². The van der Waals surface area contributed by atoms with Crippen LogP contribution in [-0.4, -0.2) is 42.4 Å². The maximum absolute atomic E-state index is 12.7. The van der Waals surface area contributed by atoms with Crippen LogP contribution in [0, 0.1) is 11.3 Å². The lowest BCUT2D eigenvalue weighted by molar-refractivity contribution is -0.188. The monoisotopic (exact) mass is 267 g/mol. The van der Waals surface area contributed by atoms with Gasteiger partial charge < -0.3 is 10.0 Å². The van der Waals surface area contributed by atoms with Gasteiger partial charge in [-0.1, -0.05) is 20.3 Å².